The first-order valence-electron chi connectivity index (χ1n) is 26.3. The van der Waals surface area contributed by atoms with Crippen LogP contribution in [0.25, 0.3) is 10.9 Å². The third-order valence-electron chi connectivity index (χ3n) is 13.2. The van der Waals surface area contributed by atoms with E-state index in [0.29, 0.717) is 152 Å². The van der Waals surface area contributed by atoms with E-state index >= 15 is 0 Å². The van der Waals surface area contributed by atoms with E-state index in [-0.39, 0.29) is 42.9 Å². The number of amides is 2. The van der Waals surface area contributed by atoms with Crippen molar-refractivity contribution in [3.8, 4) is 12.3 Å². The zero-order valence-electron chi connectivity index (χ0n) is 44.1. The second kappa shape index (κ2) is 29.3. The SMILES string of the molecule is C#CCOCCOCCOCCNc1nc(N2CCN(C(=O)[C@H](CCCCN)n3cc([C@@H](N)CC(C)C)nn3)CC2)nc(N2CCN(C(=O)[C@H](Cc3cc4ccccc4[nH]3)n3cc([C@@H](N)CC(C)C)nn3)CC2)n1.Cl. The normalized spacial score (nSPS) is 15.8. The Bertz CT molecular complexity index is 2520. The number of hydrogen-bond acceptors (Lipinski definition) is 18. The molecule has 23 nitrogen and oxygen atoms in total. The average Bonchev–Trinajstić information content (AvgIpc) is 4.19. The van der Waals surface area contributed by atoms with Gasteiger partial charge in [0, 0.05) is 76.5 Å². The molecular weight excluding hydrogens is 980 g/mol. The first kappa shape index (κ1) is 58.3. The van der Waals surface area contributed by atoms with Crippen LogP contribution >= 0.6 is 12.4 Å². The number of benzene rings is 1. The minimum absolute atomic E-state index is 0. The van der Waals surface area contributed by atoms with Gasteiger partial charge in [-0.3, -0.25) is 9.59 Å². The van der Waals surface area contributed by atoms with Crippen LogP contribution in [0.4, 0.5) is 17.8 Å². The van der Waals surface area contributed by atoms with Crippen LogP contribution in [-0.2, 0) is 30.2 Å². The lowest BCUT2D eigenvalue weighted by molar-refractivity contribution is -0.136. The quantitative estimate of drug-likeness (QED) is 0.0339. The number of anilines is 3. The number of nitrogens with zero attached hydrogens (tertiary/aromatic N) is 13. The van der Waals surface area contributed by atoms with E-state index in [0.717, 1.165) is 42.3 Å². The Morgan fingerprint density at radius 3 is 1.81 bits per heavy atom. The van der Waals surface area contributed by atoms with Crippen LogP contribution in [0, 0.1) is 24.2 Å². The van der Waals surface area contributed by atoms with Gasteiger partial charge < -0.3 is 61.3 Å². The van der Waals surface area contributed by atoms with Crippen molar-refractivity contribution >= 4 is 53.0 Å². The molecule has 2 aliphatic heterocycles. The molecule has 4 atom stereocenters. The number of aromatic nitrogens is 10. The van der Waals surface area contributed by atoms with Crippen LogP contribution in [0.2, 0.25) is 0 Å². The molecule has 24 heteroatoms. The summed E-state index contributed by atoms with van der Waals surface area (Å²) in [6.45, 7) is 15.5. The number of nitrogens with one attached hydrogen (secondary N) is 2. The van der Waals surface area contributed by atoms with Crippen molar-refractivity contribution in [1.29, 1.82) is 0 Å². The van der Waals surface area contributed by atoms with Crippen molar-refractivity contribution in [2.75, 3.05) is 120 Å². The summed E-state index contributed by atoms with van der Waals surface area (Å²) < 4.78 is 20.0. The molecule has 4 aromatic heterocycles. The Kier molecular flexibility index (Phi) is 22.8. The first-order valence-corrected chi connectivity index (χ1v) is 26.3. The predicted molar refractivity (Wildman–Crippen MR) is 290 cm³/mol. The summed E-state index contributed by atoms with van der Waals surface area (Å²) in [4.78, 5) is 55.2. The Hall–Kier alpha value is -6.00. The number of rotatable bonds is 29. The van der Waals surface area contributed by atoms with E-state index in [4.69, 9.17) is 52.8 Å². The summed E-state index contributed by atoms with van der Waals surface area (Å²) in [5, 5.41) is 22.1. The highest BCUT2D eigenvalue weighted by Gasteiger charge is 2.34. The standard InChI is InChI=1S/C51H78N18O5.ClH/c1-6-24-72-26-28-74-29-27-73-25-15-55-49-57-50(66-20-16-64(17-21-66)47(70)45(13-9-10-14-52)68-34-43(60-62-68)40(53)30-36(2)3)59-51(58-49)67-22-18-65(19-23-67)48(71)46(33-39-32-38-11-7-8-12-42(38)56-39)69-35-44(61-63-69)41(54)31-37(4)5;/h1,7-8,11-12,32,34-37,40-41,45-46,56H,9-10,13-31,33,52-54H2,2-5H3,(H,55,57,58,59);1H/t40-,41-,45-,46-;/m0./s1. The van der Waals surface area contributed by atoms with Gasteiger partial charge in [0.1, 0.15) is 18.7 Å². The number of para-hydroxylation sites is 1. The molecule has 2 amide bonds. The number of ether oxygens (including phenoxy) is 3. The molecule has 0 aliphatic carbocycles. The largest absolute Gasteiger partial charge is 0.377 e. The number of unbranched alkanes of at least 4 members (excludes halogenated alkanes) is 1. The van der Waals surface area contributed by atoms with Gasteiger partial charge in [-0.2, -0.15) is 15.0 Å². The maximum atomic E-state index is 14.7. The number of carbonyl (C=O) groups is 2. The number of halogens is 1. The molecule has 2 aliphatic rings. The van der Waals surface area contributed by atoms with E-state index in [1.807, 2.05) is 40.4 Å². The molecule has 75 heavy (non-hydrogen) atoms. The number of carbonyl (C=O) groups excluding carboxylic acids is 2. The van der Waals surface area contributed by atoms with Gasteiger partial charge >= 0.3 is 0 Å². The fourth-order valence-electron chi connectivity index (χ4n) is 9.28. The topological polar surface area (TPSA) is 281 Å². The van der Waals surface area contributed by atoms with Crippen molar-refractivity contribution in [3.05, 3.63) is 59.8 Å². The lowest BCUT2D eigenvalue weighted by Gasteiger charge is -2.38. The van der Waals surface area contributed by atoms with Crippen molar-refractivity contribution < 1.29 is 23.8 Å². The molecule has 8 N–H and O–H groups in total. The van der Waals surface area contributed by atoms with Gasteiger partial charge in [-0.05, 0) is 68.0 Å². The summed E-state index contributed by atoms with van der Waals surface area (Å²) in [7, 11) is 0. The molecule has 0 spiro atoms. The molecular formula is C51H79ClN18O5. The lowest BCUT2D eigenvalue weighted by atomic mass is 10.0. The highest BCUT2D eigenvalue weighted by atomic mass is 35.5. The maximum absolute atomic E-state index is 14.7. The molecule has 0 unspecified atom stereocenters. The molecule has 5 aromatic rings. The Balaban J connectivity index is 0.00000914. The molecule has 6 heterocycles. The summed E-state index contributed by atoms with van der Waals surface area (Å²) in [6.07, 6.45) is 12.9. The monoisotopic (exact) mass is 1060 g/mol. The third-order valence-corrected chi connectivity index (χ3v) is 13.2. The van der Waals surface area contributed by atoms with Gasteiger partial charge in [-0.1, -0.05) is 62.2 Å². The van der Waals surface area contributed by atoms with Crippen molar-refractivity contribution in [2.45, 2.75) is 90.4 Å². The highest BCUT2D eigenvalue weighted by molar-refractivity contribution is 5.85. The van der Waals surface area contributed by atoms with Crippen LogP contribution < -0.4 is 32.3 Å². The highest BCUT2D eigenvalue weighted by Crippen LogP contribution is 2.27. The summed E-state index contributed by atoms with van der Waals surface area (Å²) >= 11 is 0. The zero-order valence-corrected chi connectivity index (χ0v) is 45.0. The Morgan fingerprint density at radius 2 is 1.27 bits per heavy atom. The molecule has 410 valence electrons. The number of nitrogens with two attached hydrogens (primary N) is 3. The van der Waals surface area contributed by atoms with E-state index in [1.54, 1.807) is 9.36 Å². The van der Waals surface area contributed by atoms with Crippen LogP contribution in [-0.4, -0.2) is 177 Å². The van der Waals surface area contributed by atoms with Gasteiger partial charge in [-0.15, -0.1) is 29.0 Å². The van der Waals surface area contributed by atoms with E-state index in [1.165, 1.54) is 0 Å². The molecule has 0 saturated carbocycles. The van der Waals surface area contributed by atoms with Crippen LogP contribution in [0.5, 0.6) is 0 Å². The number of hydrogen-bond donors (Lipinski definition) is 5. The fourth-order valence-corrected chi connectivity index (χ4v) is 9.28. The third kappa shape index (κ3) is 16.7. The first-order chi connectivity index (χ1) is 35.9. The molecule has 0 bridgehead atoms. The fraction of sp³-hybridized carbons (Fsp3) is 0.627. The molecule has 7 rings (SSSR count). The molecule has 2 saturated heterocycles. The smallest absolute Gasteiger partial charge is 0.248 e. The van der Waals surface area contributed by atoms with Gasteiger partial charge in [0.2, 0.25) is 29.7 Å². The maximum Gasteiger partial charge on any atom is 0.248 e. The molecule has 0 radical (unpaired) electrons. The number of piperazine rings is 2. The van der Waals surface area contributed by atoms with Gasteiger partial charge in [0.05, 0.1) is 68.9 Å². The van der Waals surface area contributed by atoms with Crippen LogP contribution in [0.3, 0.4) is 0 Å². The minimum Gasteiger partial charge on any atom is -0.377 e. The van der Waals surface area contributed by atoms with Gasteiger partial charge in [0.15, 0.2) is 0 Å². The van der Waals surface area contributed by atoms with Crippen molar-refractivity contribution in [2.24, 2.45) is 29.0 Å². The second-order valence-electron chi connectivity index (χ2n) is 19.9. The predicted octanol–water partition coefficient (Wildman–Crippen LogP) is 3.30. The van der Waals surface area contributed by atoms with E-state index in [9.17, 15) is 9.59 Å². The minimum atomic E-state index is -0.656. The van der Waals surface area contributed by atoms with Crippen LogP contribution in [0.15, 0.2) is 42.7 Å². The second-order valence-corrected chi connectivity index (χ2v) is 19.9. The molecule has 1 aromatic carbocycles. The van der Waals surface area contributed by atoms with Crippen molar-refractivity contribution in [1.82, 2.24) is 59.7 Å². The Labute approximate surface area is 446 Å². The lowest BCUT2D eigenvalue weighted by Crippen LogP contribution is -2.52. The van der Waals surface area contributed by atoms with Gasteiger partial charge in [0.25, 0.3) is 0 Å². The Morgan fingerprint density at radius 1 is 0.733 bits per heavy atom. The van der Waals surface area contributed by atoms with E-state index in [2.05, 4.69) is 86.5 Å². The van der Waals surface area contributed by atoms with Gasteiger partial charge in [-0.25, -0.2) is 9.36 Å². The average molecular weight is 1060 g/mol. The number of fused-ring (bicyclic) bond motifs is 1. The van der Waals surface area contributed by atoms with E-state index < -0.39 is 12.1 Å². The summed E-state index contributed by atoms with van der Waals surface area (Å²) in [5.41, 5.74) is 22.1. The van der Waals surface area contributed by atoms with Crippen LogP contribution in [0.1, 0.15) is 101 Å². The van der Waals surface area contributed by atoms with Crippen molar-refractivity contribution in [3.63, 3.8) is 0 Å². The summed E-state index contributed by atoms with van der Waals surface area (Å²) in [6, 6.07) is 8.41. The number of H-pyrrole nitrogens is 1. The zero-order chi connectivity index (χ0) is 52.4. The molecule has 2 fully saturated rings. The number of aromatic amines is 1. The summed E-state index contributed by atoms with van der Waals surface area (Å²) in [5.74, 6) is 4.48. The number of terminal acetylenes is 1.